The van der Waals surface area contributed by atoms with Gasteiger partial charge in [-0.3, -0.25) is 0 Å². The third-order valence-electron chi connectivity index (χ3n) is 6.70. The lowest BCUT2D eigenvalue weighted by Crippen LogP contribution is -2.02. The predicted molar refractivity (Wildman–Crippen MR) is 124 cm³/mol. The number of halogens is 1. The van der Waals surface area contributed by atoms with E-state index in [1.54, 1.807) is 6.07 Å². The van der Waals surface area contributed by atoms with Gasteiger partial charge in [0.05, 0.1) is 0 Å². The Labute approximate surface area is 177 Å². The highest BCUT2D eigenvalue weighted by molar-refractivity contribution is 5.85. The summed E-state index contributed by atoms with van der Waals surface area (Å²) in [6.07, 6.45) is 11.8. The Hall–Kier alpha value is -2.81. The zero-order chi connectivity index (χ0) is 20.7. The van der Waals surface area contributed by atoms with E-state index < -0.39 is 0 Å². The molecular formula is C27H29FN2. The molecule has 2 aromatic heterocycles. The van der Waals surface area contributed by atoms with Gasteiger partial charge in [-0.15, -0.1) is 0 Å². The Kier molecular flexibility index (Phi) is 4.98. The van der Waals surface area contributed by atoms with Crippen LogP contribution in [-0.2, 0) is 13.5 Å². The molecule has 0 radical (unpaired) electrons. The van der Waals surface area contributed by atoms with Gasteiger partial charge in [0.2, 0.25) is 0 Å². The van der Waals surface area contributed by atoms with E-state index in [2.05, 4.69) is 60.1 Å². The molecule has 154 valence electrons. The van der Waals surface area contributed by atoms with Crippen LogP contribution in [0, 0.1) is 12.7 Å². The second-order valence-electron chi connectivity index (χ2n) is 8.88. The zero-order valence-corrected chi connectivity index (χ0v) is 17.8. The summed E-state index contributed by atoms with van der Waals surface area (Å²) in [5.74, 6) is 0.232. The van der Waals surface area contributed by atoms with E-state index in [0.29, 0.717) is 5.92 Å². The van der Waals surface area contributed by atoms with E-state index in [1.165, 1.54) is 58.6 Å². The third kappa shape index (κ3) is 3.58. The first-order chi connectivity index (χ1) is 14.6. The SMILES string of the molecule is Cc1ccc2c(c1)c(CC=C1CCCCCC1c1cc3cc(F)ccc3[nH]1)cn2C. The normalized spacial score (nSPS) is 19.0. The largest absolute Gasteiger partial charge is 0.358 e. The second-order valence-corrected chi connectivity index (χ2v) is 8.88. The number of fused-ring (bicyclic) bond motifs is 2. The average molecular weight is 401 g/mol. The summed E-state index contributed by atoms with van der Waals surface area (Å²) < 4.78 is 15.9. The standard InChI is InChI=1S/C27H29FN2/c1-18-8-13-27-24(14-18)20(17-30(27)2)10-9-19-6-4-3-5-7-23(19)26-16-21-15-22(28)11-12-25(21)29-26/h8-9,11-17,23,29H,3-7,10H2,1-2H3. The van der Waals surface area contributed by atoms with Crippen molar-refractivity contribution in [2.45, 2.75) is 51.4 Å². The van der Waals surface area contributed by atoms with Crippen molar-refractivity contribution in [2.24, 2.45) is 7.05 Å². The molecule has 0 bridgehead atoms. The topological polar surface area (TPSA) is 20.7 Å². The number of allylic oxidation sites excluding steroid dienone is 2. The minimum absolute atomic E-state index is 0.170. The van der Waals surface area contributed by atoms with Crippen molar-refractivity contribution in [3.8, 4) is 0 Å². The maximum Gasteiger partial charge on any atom is 0.123 e. The number of aromatic amines is 1. The number of aryl methyl sites for hydroxylation is 2. The molecule has 3 heteroatoms. The first-order valence-electron chi connectivity index (χ1n) is 11.1. The van der Waals surface area contributed by atoms with Crippen molar-refractivity contribution in [1.29, 1.82) is 0 Å². The molecule has 1 atom stereocenters. The summed E-state index contributed by atoms with van der Waals surface area (Å²) in [7, 11) is 2.13. The van der Waals surface area contributed by atoms with Crippen LogP contribution in [0.25, 0.3) is 21.8 Å². The van der Waals surface area contributed by atoms with E-state index in [-0.39, 0.29) is 5.82 Å². The summed E-state index contributed by atoms with van der Waals surface area (Å²) >= 11 is 0. The zero-order valence-electron chi connectivity index (χ0n) is 17.8. The molecule has 1 saturated carbocycles. The lowest BCUT2D eigenvalue weighted by molar-refractivity contribution is 0.630. The average Bonchev–Trinajstić information content (AvgIpc) is 3.17. The minimum atomic E-state index is -0.170. The Balaban J connectivity index is 1.50. The molecule has 4 aromatic rings. The van der Waals surface area contributed by atoms with Gasteiger partial charge in [0.15, 0.2) is 0 Å². The number of benzene rings is 2. The maximum atomic E-state index is 13.7. The van der Waals surface area contributed by atoms with Crippen molar-refractivity contribution < 1.29 is 4.39 Å². The van der Waals surface area contributed by atoms with Crippen molar-refractivity contribution in [3.63, 3.8) is 0 Å². The van der Waals surface area contributed by atoms with Gasteiger partial charge in [-0.05, 0) is 74.6 Å². The van der Waals surface area contributed by atoms with Crippen LogP contribution in [0.1, 0.15) is 54.8 Å². The minimum Gasteiger partial charge on any atom is -0.358 e. The molecule has 0 spiro atoms. The molecular weight excluding hydrogens is 371 g/mol. The Morgan fingerprint density at radius 2 is 2.00 bits per heavy atom. The van der Waals surface area contributed by atoms with Gasteiger partial charge in [0.1, 0.15) is 5.82 Å². The van der Waals surface area contributed by atoms with Gasteiger partial charge in [0.25, 0.3) is 0 Å². The van der Waals surface area contributed by atoms with Gasteiger partial charge in [-0.1, -0.05) is 36.1 Å². The van der Waals surface area contributed by atoms with Gasteiger partial charge < -0.3 is 9.55 Å². The maximum absolute atomic E-state index is 13.7. The van der Waals surface area contributed by atoms with Crippen LogP contribution in [-0.4, -0.2) is 9.55 Å². The van der Waals surface area contributed by atoms with Gasteiger partial charge in [-0.25, -0.2) is 4.39 Å². The van der Waals surface area contributed by atoms with E-state index in [0.717, 1.165) is 30.2 Å². The van der Waals surface area contributed by atoms with E-state index in [1.807, 2.05) is 6.07 Å². The van der Waals surface area contributed by atoms with Crippen molar-refractivity contribution >= 4 is 21.8 Å². The molecule has 5 rings (SSSR count). The fourth-order valence-corrected chi connectivity index (χ4v) is 5.12. The summed E-state index contributed by atoms with van der Waals surface area (Å²) in [5, 5.41) is 2.33. The molecule has 0 aliphatic heterocycles. The highest BCUT2D eigenvalue weighted by Gasteiger charge is 2.21. The summed E-state index contributed by atoms with van der Waals surface area (Å²) in [5.41, 5.74) is 7.79. The number of aromatic nitrogens is 2. The molecule has 30 heavy (non-hydrogen) atoms. The quantitative estimate of drug-likeness (QED) is 0.275. The molecule has 1 unspecified atom stereocenters. The summed E-state index contributed by atoms with van der Waals surface area (Å²) in [4.78, 5) is 3.58. The van der Waals surface area contributed by atoms with Gasteiger partial charge in [-0.2, -0.15) is 0 Å². The van der Waals surface area contributed by atoms with Crippen LogP contribution < -0.4 is 0 Å². The molecule has 1 aliphatic rings. The van der Waals surface area contributed by atoms with Crippen LogP contribution in [0.15, 0.2) is 60.3 Å². The second kappa shape index (κ2) is 7.79. The number of rotatable bonds is 3. The summed E-state index contributed by atoms with van der Waals surface area (Å²) in [6.45, 7) is 2.16. The Bertz CT molecular complexity index is 1240. The summed E-state index contributed by atoms with van der Waals surface area (Å²) in [6, 6.07) is 13.9. The monoisotopic (exact) mass is 400 g/mol. The number of nitrogens with zero attached hydrogens (tertiary/aromatic N) is 1. The third-order valence-corrected chi connectivity index (χ3v) is 6.70. The van der Waals surface area contributed by atoms with Crippen molar-refractivity contribution in [1.82, 2.24) is 9.55 Å². The molecule has 1 fully saturated rings. The highest BCUT2D eigenvalue weighted by atomic mass is 19.1. The van der Waals surface area contributed by atoms with Gasteiger partial charge >= 0.3 is 0 Å². The van der Waals surface area contributed by atoms with Crippen molar-refractivity contribution in [2.75, 3.05) is 0 Å². The highest BCUT2D eigenvalue weighted by Crippen LogP contribution is 2.37. The number of hydrogen-bond acceptors (Lipinski definition) is 0. The van der Waals surface area contributed by atoms with Crippen LogP contribution in [0.3, 0.4) is 0 Å². The smallest absolute Gasteiger partial charge is 0.123 e. The predicted octanol–water partition coefficient (Wildman–Crippen LogP) is 7.32. The molecule has 2 aromatic carbocycles. The number of H-pyrrole nitrogens is 1. The van der Waals surface area contributed by atoms with Crippen LogP contribution in [0.4, 0.5) is 4.39 Å². The first-order valence-corrected chi connectivity index (χ1v) is 11.1. The number of nitrogens with one attached hydrogen (secondary N) is 1. The van der Waals surface area contributed by atoms with Crippen LogP contribution in [0.5, 0.6) is 0 Å². The van der Waals surface area contributed by atoms with Gasteiger partial charge in [0, 0.05) is 46.7 Å². The van der Waals surface area contributed by atoms with E-state index in [9.17, 15) is 4.39 Å². The van der Waals surface area contributed by atoms with Crippen LogP contribution >= 0.6 is 0 Å². The molecule has 1 N–H and O–H groups in total. The fraction of sp³-hybridized carbons (Fsp3) is 0.333. The van der Waals surface area contributed by atoms with Crippen LogP contribution in [0.2, 0.25) is 0 Å². The molecule has 0 saturated heterocycles. The fourth-order valence-electron chi connectivity index (χ4n) is 5.12. The molecule has 2 heterocycles. The Morgan fingerprint density at radius 3 is 2.90 bits per heavy atom. The first kappa shape index (κ1) is 19.2. The molecule has 0 amide bonds. The van der Waals surface area contributed by atoms with Crippen molar-refractivity contribution in [3.05, 3.63) is 82.9 Å². The van der Waals surface area contributed by atoms with E-state index in [4.69, 9.17) is 0 Å². The van der Waals surface area contributed by atoms with E-state index >= 15 is 0 Å². The molecule has 1 aliphatic carbocycles. The lowest BCUT2D eigenvalue weighted by atomic mass is 9.89. The molecule has 2 nitrogen and oxygen atoms in total. The number of hydrogen-bond donors (Lipinski definition) is 1. The lowest BCUT2D eigenvalue weighted by Gasteiger charge is -2.17. The Morgan fingerprint density at radius 1 is 1.10 bits per heavy atom.